The summed E-state index contributed by atoms with van der Waals surface area (Å²) in [6.07, 6.45) is 2.61. The van der Waals surface area contributed by atoms with Crippen LogP contribution in [0.5, 0.6) is 5.75 Å². The molecule has 0 N–H and O–H groups in total. The van der Waals surface area contributed by atoms with E-state index >= 15 is 0 Å². The second-order valence-corrected chi connectivity index (χ2v) is 8.47. The molecule has 28 heavy (non-hydrogen) atoms. The smallest absolute Gasteiger partial charge is 0.222 e. The molecule has 0 bridgehead atoms. The van der Waals surface area contributed by atoms with E-state index in [1.54, 1.807) is 29.8 Å². The molecule has 0 unspecified atom stereocenters. The Hall–Kier alpha value is -2.38. The summed E-state index contributed by atoms with van der Waals surface area (Å²) in [6.45, 7) is 2.54. The van der Waals surface area contributed by atoms with Crippen molar-refractivity contribution >= 4 is 34.3 Å². The SMILES string of the molecule is COc1cccc(N=c2scc(-c3cccs3)n2CCCN2CCCC2=O)c1. The minimum atomic E-state index is 0.287. The van der Waals surface area contributed by atoms with E-state index < -0.39 is 0 Å². The molecule has 0 aliphatic carbocycles. The average Bonchev–Trinajstić information content (AvgIpc) is 3.45. The zero-order chi connectivity index (χ0) is 19.3. The fraction of sp³-hybridized carbons (Fsp3) is 0.333. The van der Waals surface area contributed by atoms with Crippen LogP contribution in [0, 0.1) is 0 Å². The lowest BCUT2D eigenvalue weighted by molar-refractivity contribution is -0.127. The van der Waals surface area contributed by atoms with Gasteiger partial charge in [-0.3, -0.25) is 4.79 Å². The van der Waals surface area contributed by atoms with E-state index in [-0.39, 0.29) is 5.91 Å². The summed E-state index contributed by atoms with van der Waals surface area (Å²) in [5, 5.41) is 4.27. The standard InChI is InChI=1S/C21H23N3O2S2/c1-26-17-7-2-6-16(14-17)22-21-24(12-5-11-23-10-3-9-20(23)25)18(15-28-21)19-8-4-13-27-19/h2,4,6-8,13-15H,3,5,9-12H2,1H3. The Morgan fingerprint density at radius 2 is 2.11 bits per heavy atom. The maximum absolute atomic E-state index is 11.9. The van der Waals surface area contributed by atoms with Crippen molar-refractivity contribution in [1.29, 1.82) is 0 Å². The van der Waals surface area contributed by atoms with Gasteiger partial charge in [0.1, 0.15) is 5.75 Å². The Morgan fingerprint density at radius 3 is 2.86 bits per heavy atom. The summed E-state index contributed by atoms with van der Waals surface area (Å²) >= 11 is 3.38. The molecule has 1 fully saturated rings. The highest BCUT2D eigenvalue weighted by atomic mass is 32.1. The molecule has 2 aromatic heterocycles. The van der Waals surface area contributed by atoms with Crippen molar-refractivity contribution in [1.82, 2.24) is 9.47 Å². The first-order valence-electron chi connectivity index (χ1n) is 9.43. The summed E-state index contributed by atoms with van der Waals surface area (Å²) < 4.78 is 7.59. The number of carbonyl (C=O) groups is 1. The minimum Gasteiger partial charge on any atom is -0.497 e. The third-order valence-electron chi connectivity index (χ3n) is 4.83. The number of nitrogens with zero attached hydrogens (tertiary/aromatic N) is 3. The molecule has 1 saturated heterocycles. The molecular weight excluding hydrogens is 390 g/mol. The van der Waals surface area contributed by atoms with Gasteiger partial charge < -0.3 is 14.2 Å². The van der Waals surface area contributed by atoms with E-state index in [9.17, 15) is 4.79 Å². The van der Waals surface area contributed by atoms with Crippen LogP contribution >= 0.6 is 22.7 Å². The summed E-state index contributed by atoms with van der Waals surface area (Å²) in [5.74, 6) is 1.09. The number of benzene rings is 1. The lowest BCUT2D eigenvalue weighted by Crippen LogP contribution is -2.27. The number of amides is 1. The van der Waals surface area contributed by atoms with Gasteiger partial charge in [-0.05, 0) is 36.4 Å². The van der Waals surface area contributed by atoms with Crippen LogP contribution in [0.3, 0.4) is 0 Å². The first-order valence-corrected chi connectivity index (χ1v) is 11.2. The van der Waals surface area contributed by atoms with Crippen LogP contribution in [0.4, 0.5) is 5.69 Å². The van der Waals surface area contributed by atoms with Crippen LogP contribution in [0.1, 0.15) is 19.3 Å². The van der Waals surface area contributed by atoms with E-state index in [2.05, 4.69) is 27.5 Å². The first-order chi connectivity index (χ1) is 13.7. The van der Waals surface area contributed by atoms with Crippen LogP contribution in [0.25, 0.3) is 10.6 Å². The molecule has 1 aliphatic rings. The zero-order valence-corrected chi connectivity index (χ0v) is 17.5. The number of thiazole rings is 1. The maximum Gasteiger partial charge on any atom is 0.222 e. The second kappa shape index (κ2) is 8.75. The Bertz CT molecular complexity index is 1000. The quantitative estimate of drug-likeness (QED) is 0.571. The molecule has 7 heteroatoms. The molecule has 3 heterocycles. The zero-order valence-electron chi connectivity index (χ0n) is 15.8. The summed E-state index contributed by atoms with van der Waals surface area (Å²) in [4.78, 5) is 20.9. The maximum atomic E-state index is 11.9. The monoisotopic (exact) mass is 413 g/mol. The van der Waals surface area contributed by atoms with E-state index in [4.69, 9.17) is 9.73 Å². The van der Waals surface area contributed by atoms with E-state index in [0.717, 1.165) is 48.7 Å². The van der Waals surface area contributed by atoms with E-state index in [1.807, 2.05) is 29.2 Å². The van der Waals surface area contributed by atoms with Crippen molar-refractivity contribution < 1.29 is 9.53 Å². The largest absolute Gasteiger partial charge is 0.497 e. The summed E-state index contributed by atoms with van der Waals surface area (Å²) in [7, 11) is 1.67. The molecule has 0 saturated carbocycles. The molecular formula is C21H23N3O2S2. The Labute approximate surface area is 172 Å². The number of carbonyl (C=O) groups excluding carboxylic acids is 1. The van der Waals surface area contributed by atoms with Gasteiger partial charge in [-0.15, -0.1) is 22.7 Å². The van der Waals surface area contributed by atoms with Gasteiger partial charge in [0.25, 0.3) is 0 Å². The molecule has 5 nitrogen and oxygen atoms in total. The molecule has 146 valence electrons. The molecule has 3 aromatic rings. The normalized spacial score (nSPS) is 14.8. The van der Waals surface area contributed by atoms with Crippen LogP contribution in [0.15, 0.2) is 52.2 Å². The predicted molar refractivity (Wildman–Crippen MR) is 114 cm³/mol. The number of likely N-dealkylation sites (tertiary alicyclic amines) is 1. The number of aromatic nitrogens is 1. The number of ether oxygens (including phenoxy) is 1. The van der Waals surface area contributed by atoms with Gasteiger partial charge in [0.05, 0.1) is 23.4 Å². The Balaban J connectivity index is 1.62. The molecule has 0 atom stereocenters. The van der Waals surface area contributed by atoms with Gasteiger partial charge >= 0.3 is 0 Å². The number of rotatable bonds is 7. The van der Waals surface area contributed by atoms with E-state index in [0.29, 0.717) is 6.42 Å². The predicted octanol–water partition coefficient (Wildman–Crippen LogP) is 4.53. The van der Waals surface area contributed by atoms with Gasteiger partial charge in [-0.2, -0.15) is 0 Å². The van der Waals surface area contributed by atoms with Crippen molar-refractivity contribution in [3.63, 3.8) is 0 Å². The minimum absolute atomic E-state index is 0.287. The molecule has 0 radical (unpaired) electrons. The van der Waals surface area contributed by atoms with Crippen LogP contribution in [-0.4, -0.2) is 35.6 Å². The van der Waals surface area contributed by atoms with Gasteiger partial charge in [0.15, 0.2) is 4.80 Å². The van der Waals surface area contributed by atoms with Crippen LogP contribution < -0.4 is 9.54 Å². The lowest BCUT2D eigenvalue weighted by atomic mass is 10.3. The number of hydrogen-bond acceptors (Lipinski definition) is 5. The molecule has 0 spiro atoms. The molecule has 1 amide bonds. The number of methoxy groups -OCH3 is 1. The van der Waals surface area contributed by atoms with Crippen molar-refractivity contribution in [2.24, 2.45) is 4.99 Å². The Kier molecular flexibility index (Phi) is 5.92. The van der Waals surface area contributed by atoms with Gasteiger partial charge in [-0.25, -0.2) is 4.99 Å². The third kappa shape index (κ3) is 4.20. The highest BCUT2D eigenvalue weighted by molar-refractivity contribution is 7.14. The third-order valence-corrected chi connectivity index (χ3v) is 6.59. The molecule has 1 aliphatic heterocycles. The molecule has 1 aromatic carbocycles. The average molecular weight is 414 g/mol. The van der Waals surface area contributed by atoms with Crippen molar-refractivity contribution in [3.8, 4) is 16.3 Å². The summed E-state index contributed by atoms with van der Waals surface area (Å²) in [5.41, 5.74) is 2.07. The highest BCUT2D eigenvalue weighted by Crippen LogP contribution is 2.26. The van der Waals surface area contributed by atoms with Gasteiger partial charge in [-0.1, -0.05) is 12.1 Å². The van der Waals surface area contributed by atoms with Gasteiger partial charge in [0.2, 0.25) is 5.91 Å². The first kappa shape index (κ1) is 19.0. The van der Waals surface area contributed by atoms with Crippen molar-refractivity contribution in [2.45, 2.75) is 25.8 Å². The number of hydrogen-bond donors (Lipinski definition) is 0. The number of thiophene rings is 1. The topological polar surface area (TPSA) is 46.8 Å². The molecule has 4 rings (SSSR count). The summed E-state index contributed by atoms with van der Waals surface area (Å²) in [6, 6.07) is 12.0. The van der Waals surface area contributed by atoms with E-state index in [1.165, 1.54) is 10.6 Å². The van der Waals surface area contributed by atoms with Crippen LogP contribution in [0.2, 0.25) is 0 Å². The van der Waals surface area contributed by atoms with Crippen molar-refractivity contribution in [2.75, 3.05) is 20.2 Å². The van der Waals surface area contributed by atoms with Gasteiger partial charge in [0, 0.05) is 37.5 Å². The fourth-order valence-corrected chi connectivity index (χ4v) is 5.18. The Morgan fingerprint density at radius 1 is 1.18 bits per heavy atom. The highest BCUT2D eigenvalue weighted by Gasteiger charge is 2.19. The second-order valence-electron chi connectivity index (χ2n) is 6.68. The van der Waals surface area contributed by atoms with Crippen molar-refractivity contribution in [3.05, 3.63) is 52.0 Å². The fourth-order valence-electron chi connectivity index (χ4n) is 3.41. The van der Waals surface area contributed by atoms with Crippen LogP contribution in [-0.2, 0) is 11.3 Å². The lowest BCUT2D eigenvalue weighted by Gasteiger charge is -2.16.